The van der Waals surface area contributed by atoms with Crippen LogP contribution in [0.5, 0.6) is 0 Å². The molecule has 1 heterocycles. The van der Waals surface area contributed by atoms with Crippen molar-refractivity contribution in [1.29, 1.82) is 0 Å². The molecule has 4 N–H and O–H groups in total. The Balaban J connectivity index is 2.06. The van der Waals surface area contributed by atoms with Gasteiger partial charge in [-0.2, -0.15) is 0 Å². The van der Waals surface area contributed by atoms with E-state index in [2.05, 4.69) is 17.1 Å². The van der Waals surface area contributed by atoms with Crippen molar-refractivity contribution in [3.05, 3.63) is 59.3 Å². The van der Waals surface area contributed by atoms with Crippen LogP contribution < -0.4 is 16.4 Å². The minimum atomic E-state index is -0.468. The Hall–Kier alpha value is -2.40. The van der Waals surface area contributed by atoms with Crippen molar-refractivity contribution in [2.45, 2.75) is 13.1 Å². The number of hydrogen-bond acceptors (Lipinski definition) is 4. The molecule has 0 fully saturated rings. The molecule has 1 amide bonds. The molecule has 0 aliphatic rings. The lowest BCUT2D eigenvalue weighted by Crippen LogP contribution is -2.18. The van der Waals surface area contributed by atoms with Gasteiger partial charge in [-0.25, -0.2) is 4.98 Å². The van der Waals surface area contributed by atoms with Gasteiger partial charge in [-0.1, -0.05) is 24.3 Å². The molecule has 2 rings (SSSR count). The smallest absolute Gasteiger partial charge is 0.250 e. The molecule has 0 unspecified atom stereocenters. The normalized spacial score (nSPS) is 10.3. The fourth-order valence-corrected chi connectivity index (χ4v) is 1.89. The molecule has 0 aliphatic heterocycles. The topological polar surface area (TPSA) is 85.2 Å². The maximum atomic E-state index is 11.0. The van der Waals surface area contributed by atoms with Gasteiger partial charge < -0.3 is 16.4 Å². The van der Waals surface area contributed by atoms with Gasteiger partial charge in [-0.15, -0.1) is 0 Å². The van der Waals surface area contributed by atoms with Gasteiger partial charge in [0.25, 0.3) is 0 Å². The van der Waals surface area contributed by atoms with E-state index in [0.29, 0.717) is 12.1 Å². The van der Waals surface area contributed by atoms with Crippen LogP contribution in [0, 0.1) is 0 Å². The number of nitrogens with zero attached hydrogens (tertiary/aromatic N) is 2. The highest BCUT2D eigenvalue weighted by molar-refractivity contribution is 5.92. The number of amides is 1. The van der Waals surface area contributed by atoms with E-state index in [-0.39, 0.29) is 0 Å². The van der Waals surface area contributed by atoms with Crippen LogP contribution in [0.1, 0.15) is 21.5 Å². The van der Waals surface area contributed by atoms with Crippen LogP contribution in [0.15, 0.2) is 42.6 Å². The highest BCUT2D eigenvalue weighted by Crippen LogP contribution is 2.13. The molecule has 0 spiro atoms. The predicted molar refractivity (Wildman–Crippen MR) is 79.2 cm³/mol. The van der Waals surface area contributed by atoms with E-state index >= 15 is 0 Å². The Labute approximate surface area is 118 Å². The number of hydrogen-bond donors (Lipinski definition) is 2. The molecule has 0 atom stereocenters. The van der Waals surface area contributed by atoms with Gasteiger partial charge in [-0.3, -0.25) is 4.79 Å². The molecule has 104 valence electrons. The first kappa shape index (κ1) is 14.0. The number of pyridine rings is 1. The molecule has 2 aromatic rings. The number of aromatic nitrogens is 1. The summed E-state index contributed by atoms with van der Waals surface area (Å²) in [6.45, 7) is 1.28. The Morgan fingerprint density at radius 1 is 1.15 bits per heavy atom. The molecule has 20 heavy (non-hydrogen) atoms. The predicted octanol–water partition coefficient (Wildman–Crippen LogP) is 1.28. The average Bonchev–Trinajstić information content (AvgIpc) is 2.48. The lowest BCUT2D eigenvalue weighted by Gasteiger charge is -2.18. The molecule has 1 aromatic heterocycles. The number of benzene rings is 1. The van der Waals surface area contributed by atoms with Crippen molar-refractivity contribution >= 4 is 11.7 Å². The first-order valence-corrected chi connectivity index (χ1v) is 6.35. The van der Waals surface area contributed by atoms with Crippen molar-refractivity contribution in [1.82, 2.24) is 4.98 Å². The third-order valence-corrected chi connectivity index (χ3v) is 3.10. The molecular weight excluding hydrogens is 252 g/mol. The van der Waals surface area contributed by atoms with Crippen molar-refractivity contribution < 1.29 is 4.79 Å². The second-order valence-electron chi connectivity index (χ2n) is 4.65. The Kier molecular flexibility index (Phi) is 4.32. The van der Waals surface area contributed by atoms with Gasteiger partial charge in [0.05, 0.1) is 5.56 Å². The highest BCUT2D eigenvalue weighted by Gasteiger charge is 2.05. The average molecular weight is 270 g/mol. The van der Waals surface area contributed by atoms with E-state index in [4.69, 9.17) is 11.5 Å². The van der Waals surface area contributed by atoms with Crippen LogP contribution in [-0.2, 0) is 13.1 Å². The van der Waals surface area contributed by atoms with Crippen LogP contribution in [0.2, 0.25) is 0 Å². The Morgan fingerprint density at radius 2 is 1.80 bits per heavy atom. The fraction of sp³-hybridized carbons (Fsp3) is 0.200. The van der Waals surface area contributed by atoms with Crippen LogP contribution in [-0.4, -0.2) is 17.9 Å². The van der Waals surface area contributed by atoms with Gasteiger partial charge in [0.15, 0.2) is 0 Å². The molecule has 1 aromatic carbocycles. The van der Waals surface area contributed by atoms with E-state index in [1.54, 1.807) is 12.1 Å². The Morgan fingerprint density at radius 3 is 2.30 bits per heavy atom. The Bertz CT molecular complexity index is 578. The standard InChI is InChI=1S/C15H18N4O/c1-19(10-12-4-2-11(8-16)3-5-12)14-7-6-13(9-18-14)15(17)20/h2-7,9H,8,10,16H2,1H3,(H2,17,20). The lowest BCUT2D eigenvalue weighted by molar-refractivity contribution is 0.1000. The molecule has 0 saturated carbocycles. The first-order chi connectivity index (χ1) is 9.60. The first-order valence-electron chi connectivity index (χ1n) is 6.35. The van der Waals surface area contributed by atoms with Crippen LogP contribution >= 0.6 is 0 Å². The zero-order chi connectivity index (χ0) is 14.5. The zero-order valence-electron chi connectivity index (χ0n) is 11.4. The zero-order valence-corrected chi connectivity index (χ0v) is 11.4. The van der Waals surface area contributed by atoms with Crippen molar-refractivity contribution in [3.8, 4) is 0 Å². The summed E-state index contributed by atoms with van der Waals surface area (Å²) < 4.78 is 0. The molecule has 0 radical (unpaired) electrons. The minimum Gasteiger partial charge on any atom is -0.366 e. The van der Waals surface area contributed by atoms with Crippen LogP contribution in [0.25, 0.3) is 0 Å². The van der Waals surface area contributed by atoms with Crippen molar-refractivity contribution in [3.63, 3.8) is 0 Å². The van der Waals surface area contributed by atoms with E-state index < -0.39 is 5.91 Å². The number of carbonyl (C=O) groups is 1. The summed E-state index contributed by atoms with van der Waals surface area (Å²) in [4.78, 5) is 17.2. The third-order valence-electron chi connectivity index (χ3n) is 3.10. The number of rotatable bonds is 5. The second kappa shape index (κ2) is 6.16. The summed E-state index contributed by atoms with van der Waals surface area (Å²) in [7, 11) is 1.95. The maximum Gasteiger partial charge on any atom is 0.250 e. The van der Waals surface area contributed by atoms with E-state index in [0.717, 1.165) is 17.9 Å². The highest BCUT2D eigenvalue weighted by atomic mass is 16.1. The number of carbonyl (C=O) groups excluding carboxylic acids is 1. The summed E-state index contributed by atoms with van der Waals surface area (Å²) >= 11 is 0. The van der Waals surface area contributed by atoms with Gasteiger partial charge in [0.2, 0.25) is 5.91 Å². The van der Waals surface area contributed by atoms with Crippen molar-refractivity contribution in [2.24, 2.45) is 11.5 Å². The maximum absolute atomic E-state index is 11.0. The van der Waals surface area contributed by atoms with Crippen molar-refractivity contribution in [2.75, 3.05) is 11.9 Å². The molecule has 5 nitrogen and oxygen atoms in total. The van der Waals surface area contributed by atoms with Gasteiger partial charge >= 0.3 is 0 Å². The SMILES string of the molecule is CN(Cc1ccc(CN)cc1)c1ccc(C(N)=O)cn1. The molecule has 0 bridgehead atoms. The number of primary amides is 1. The number of anilines is 1. The van der Waals surface area contributed by atoms with E-state index in [1.165, 1.54) is 11.8 Å². The summed E-state index contributed by atoms with van der Waals surface area (Å²) in [5.41, 5.74) is 13.5. The fourth-order valence-electron chi connectivity index (χ4n) is 1.89. The second-order valence-corrected chi connectivity index (χ2v) is 4.65. The van der Waals surface area contributed by atoms with Gasteiger partial charge in [-0.05, 0) is 23.3 Å². The quantitative estimate of drug-likeness (QED) is 0.857. The van der Waals surface area contributed by atoms with Gasteiger partial charge in [0, 0.05) is 26.3 Å². The van der Waals surface area contributed by atoms with E-state index in [1.807, 2.05) is 24.1 Å². The third kappa shape index (κ3) is 3.33. The monoisotopic (exact) mass is 270 g/mol. The summed E-state index contributed by atoms with van der Waals surface area (Å²) in [5, 5.41) is 0. The molecule has 0 saturated heterocycles. The summed E-state index contributed by atoms with van der Waals surface area (Å²) in [6.07, 6.45) is 1.49. The van der Waals surface area contributed by atoms with E-state index in [9.17, 15) is 4.79 Å². The molecular formula is C15H18N4O. The molecule has 5 heteroatoms. The minimum absolute atomic E-state index is 0.412. The summed E-state index contributed by atoms with van der Waals surface area (Å²) in [5.74, 6) is 0.321. The van der Waals surface area contributed by atoms with Crippen LogP contribution in [0.4, 0.5) is 5.82 Å². The van der Waals surface area contributed by atoms with Crippen LogP contribution in [0.3, 0.4) is 0 Å². The summed E-state index contributed by atoms with van der Waals surface area (Å²) in [6, 6.07) is 11.6. The molecule has 0 aliphatic carbocycles. The van der Waals surface area contributed by atoms with Gasteiger partial charge in [0.1, 0.15) is 5.82 Å². The number of nitrogens with two attached hydrogens (primary N) is 2. The largest absolute Gasteiger partial charge is 0.366 e. The lowest BCUT2D eigenvalue weighted by atomic mass is 10.1.